The third kappa shape index (κ3) is 4.62. The van der Waals surface area contributed by atoms with E-state index in [0.717, 1.165) is 10.6 Å². The standard InChI is InChI=1S/C17H20N2O4S/c1-11-14(24-16(19-11)13-7-5-4-6-8-13)17(21)23-12(2)15(20)18-9-10-22-3/h4-8,12H,9-10H2,1-3H3,(H,18,20)/t12-/m1/s1. The number of nitrogens with zero attached hydrogens (tertiary/aromatic N) is 1. The molecular weight excluding hydrogens is 328 g/mol. The molecule has 0 fully saturated rings. The fourth-order valence-electron chi connectivity index (χ4n) is 1.98. The summed E-state index contributed by atoms with van der Waals surface area (Å²) in [4.78, 5) is 29.0. The van der Waals surface area contributed by atoms with Gasteiger partial charge < -0.3 is 14.8 Å². The lowest BCUT2D eigenvalue weighted by Crippen LogP contribution is -2.37. The summed E-state index contributed by atoms with van der Waals surface area (Å²) in [5.41, 5.74) is 1.53. The summed E-state index contributed by atoms with van der Waals surface area (Å²) in [7, 11) is 1.55. The van der Waals surface area contributed by atoms with E-state index in [1.165, 1.54) is 18.3 Å². The summed E-state index contributed by atoms with van der Waals surface area (Å²) >= 11 is 1.26. The molecule has 0 spiro atoms. The van der Waals surface area contributed by atoms with Crippen molar-refractivity contribution in [3.63, 3.8) is 0 Å². The van der Waals surface area contributed by atoms with Crippen molar-refractivity contribution in [2.24, 2.45) is 0 Å². The number of amides is 1. The van der Waals surface area contributed by atoms with Crippen LogP contribution in [0.2, 0.25) is 0 Å². The van der Waals surface area contributed by atoms with Crippen LogP contribution in [0.25, 0.3) is 10.6 Å². The van der Waals surface area contributed by atoms with Gasteiger partial charge in [0.2, 0.25) is 0 Å². The topological polar surface area (TPSA) is 77.5 Å². The van der Waals surface area contributed by atoms with Gasteiger partial charge in [0, 0.05) is 19.2 Å². The van der Waals surface area contributed by atoms with E-state index in [2.05, 4.69) is 10.3 Å². The van der Waals surface area contributed by atoms with E-state index in [4.69, 9.17) is 9.47 Å². The van der Waals surface area contributed by atoms with Gasteiger partial charge in [-0.15, -0.1) is 11.3 Å². The number of hydrogen-bond acceptors (Lipinski definition) is 6. The van der Waals surface area contributed by atoms with Gasteiger partial charge in [0.25, 0.3) is 5.91 Å². The van der Waals surface area contributed by atoms with Gasteiger partial charge >= 0.3 is 5.97 Å². The molecule has 0 saturated carbocycles. The highest BCUT2D eigenvalue weighted by Crippen LogP contribution is 2.28. The van der Waals surface area contributed by atoms with Crippen LogP contribution in [0.1, 0.15) is 22.3 Å². The predicted molar refractivity (Wildman–Crippen MR) is 92.1 cm³/mol. The lowest BCUT2D eigenvalue weighted by molar-refractivity contribution is -0.129. The van der Waals surface area contributed by atoms with Crippen molar-refractivity contribution < 1.29 is 19.1 Å². The minimum absolute atomic E-state index is 0.356. The Bertz CT molecular complexity index is 700. The van der Waals surface area contributed by atoms with Gasteiger partial charge in [-0.05, 0) is 13.8 Å². The molecule has 7 heteroatoms. The number of hydrogen-bond donors (Lipinski definition) is 1. The second kappa shape index (κ2) is 8.56. The Morgan fingerprint density at radius 3 is 2.67 bits per heavy atom. The summed E-state index contributed by atoms with van der Waals surface area (Å²) in [6, 6.07) is 9.61. The third-order valence-electron chi connectivity index (χ3n) is 3.26. The number of ether oxygens (including phenoxy) is 2. The summed E-state index contributed by atoms with van der Waals surface area (Å²) in [6.45, 7) is 4.06. The molecule has 1 atom stereocenters. The largest absolute Gasteiger partial charge is 0.448 e. The average molecular weight is 348 g/mol. The number of nitrogens with one attached hydrogen (secondary N) is 1. The first kappa shape index (κ1) is 18.1. The highest BCUT2D eigenvalue weighted by atomic mass is 32.1. The molecule has 0 saturated heterocycles. The lowest BCUT2D eigenvalue weighted by Gasteiger charge is -2.12. The quantitative estimate of drug-likeness (QED) is 0.614. The van der Waals surface area contributed by atoms with Crippen LogP contribution >= 0.6 is 11.3 Å². The summed E-state index contributed by atoms with van der Waals surface area (Å²) in [5.74, 6) is -0.896. The van der Waals surface area contributed by atoms with Gasteiger partial charge in [-0.25, -0.2) is 9.78 Å². The summed E-state index contributed by atoms with van der Waals surface area (Å²) in [6.07, 6.45) is -0.879. The van der Waals surface area contributed by atoms with Crippen molar-refractivity contribution in [3.8, 4) is 10.6 Å². The molecule has 0 aliphatic rings. The van der Waals surface area contributed by atoms with Crippen molar-refractivity contribution in [3.05, 3.63) is 40.9 Å². The van der Waals surface area contributed by atoms with E-state index in [-0.39, 0.29) is 5.91 Å². The van der Waals surface area contributed by atoms with Crippen molar-refractivity contribution in [2.75, 3.05) is 20.3 Å². The number of carbonyl (C=O) groups is 2. The maximum Gasteiger partial charge on any atom is 0.351 e. The first-order valence-electron chi connectivity index (χ1n) is 7.53. The summed E-state index contributed by atoms with van der Waals surface area (Å²) in [5, 5.41) is 3.38. The number of rotatable bonds is 7. The van der Waals surface area contributed by atoms with Gasteiger partial charge in [-0.3, -0.25) is 4.79 Å². The maximum absolute atomic E-state index is 12.3. The van der Waals surface area contributed by atoms with Gasteiger partial charge in [0.1, 0.15) is 9.88 Å². The van der Waals surface area contributed by atoms with Gasteiger partial charge in [-0.1, -0.05) is 30.3 Å². The predicted octanol–water partition coefficient (Wildman–Crippen LogP) is 2.43. The van der Waals surface area contributed by atoms with Crippen molar-refractivity contribution in [2.45, 2.75) is 20.0 Å². The van der Waals surface area contributed by atoms with Crippen LogP contribution in [-0.2, 0) is 14.3 Å². The first-order valence-corrected chi connectivity index (χ1v) is 8.35. The van der Waals surface area contributed by atoms with Crippen molar-refractivity contribution in [1.29, 1.82) is 0 Å². The Labute approximate surface area is 144 Å². The molecule has 1 aromatic carbocycles. The smallest absolute Gasteiger partial charge is 0.351 e. The highest BCUT2D eigenvalue weighted by molar-refractivity contribution is 7.17. The van der Waals surface area contributed by atoms with E-state index >= 15 is 0 Å². The number of methoxy groups -OCH3 is 1. The van der Waals surface area contributed by atoms with Crippen molar-refractivity contribution >= 4 is 23.2 Å². The first-order chi connectivity index (χ1) is 11.5. The van der Waals surface area contributed by atoms with Crippen LogP contribution in [0.5, 0.6) is 0 Å². The SMILES string of the molecule is COCCNC(=O)[C@@H](C)OC(=O)c1sc(-c2ccccc2)nc1C. The Balaban J connectivity index is 2.02. The molecule has 0 unspecified atom stereocenters. The zero-order chi connectivity index (χ0) is 17.5. The number of aryl methyl sites for hydroxylation is 1. The van der Waals surface area contributed by atoms with Crippen molar-refractivity contribution in [1.82, 2.24) is 10.3 Å². The average Bonchev–Trinajstić information content (AvgIpc) is 2.97. The molecule has 128 valence electrons. The van der Waals surface area contributed by atoms with Gasteiger partial charge in [-0.2, -0.15) is 0 Å². The monoisotopic (exact) mass is 348 g/mol. The Hall–Kier alpha value is -2.25. The zero-order valence-electron chi connectivity index (χ0n) is 13.9. The van der Waals surface area contributed by atoms with Crippen LogP contribution in [0.15, 0.2) is 30.3 Å². The second-order valence-electron chi connectivity index (χ2n) is 5.13. The van der Waals surface area contributed by atoms with E-state index in [1.807, 2.05) is 30.3 Å². The molecule has 6 nitrogen and oxygen atoms in total. The molecule has 0 aliphatic heterocycles. The number of thiazole rings is 1. The Morgan fingerprint density at radius 1 is 1.29 bits per heavy atom. The van der Waals surface area contributed by atoms with Crippen LogP contribution in [0.3, 0.4) is 0 Å². The summed E-state index contributed by atoms with van der Waals surface area (Å²) < 4.78 is 10.1. The van der Waals surface area contributed by atoms with E-state index in [0.29, 0.717) is 23.7 Å². The van der Waals surface area contributed by atoms with E-state index in [1.54, 1.807) is 14.0 Å². The molecule has 0 bridgehead atoms. The molecule has 0 aliphatic carbocycles. The molecule has 1 heterocycles. The minimum Gasteiger partial charge on any atom is -0.448 e. The molecule has 2 rings (SSSR count). The van der Waals surface area contributed by atoms with Crippen LogP contribution in [-0.4, -0.2) is 43.2 Å². The number of benzene rings is 1. The Kier molecular flexibility index (Phi) is 6.45. The van der Waals surface area contributed by atoms with E-state index < -0.39 is 12.1 Å². The fourth-order valence-corrected chi connectivity index (χ4v) is 2.93. The normalized spacial score (nSPS) is 11.8. The molecule has 1 amide bonds. The Morgan fingerprint density at radius 2 is 2.00 bits per heavy atom. The van der Waals surface area contributed by atoms with E-state index in [9.17, 15) is 9.59 Å². The molecule has 2 aromatic rings. The maximum atomic E-state index is 12.3. The second-order valence-corrected chi connectivity index (χ2v) is 6.13. The van der Waals surface area contributed by atoms with Crippen LogP contribution < -0.4 is 5.32 Å². The third-order valence-corrected chi connectivity index (χ3v) is 4.45. The molecule has 0 radical (unpaired) electrons. The minimum atomic E-state index is -0.879. The molecule has 24 heavy (non-hydrogen) atoms. The van der Waals surface area contributed by atoms with Crippen LogP contribution in [0.4, 0.5) is 0 Å². The van der Waals surface area contributed by atoms with Crippen LogP contribution in [0, 0.1) is 6.92 Å². The van der Waals surface area contributed by atoms with Gasteiger partial charge in [0.15, 0.2) is 6.10 Å². The lowest BCUT2D eigenvalue weighted by atomic mass is 10.2. The molecular formula is C17H20N2O4S. The number of carbonyl (C=O) groups excluding carboxylic acids is 2. The zero-order valence-corrected chi connectivity index (χ0v) is 14.7. The number of aromatic nitrogens is 1. The molecule has 1 N–H and O–H groups in total. The number of esters is 1. The molecule has 1 aromatic heterocycles. The highest BCUT2D eigenvalue weighted by Gasteiger charge is 2.22. The fraction of sp³-hybridized carbons (Fsp3) is 0.353. The van der Waals surface area contributed by atoms with Gasteiger partial charge in [0.05, 0.1) is 12.3 Å².